The Morgan fingerprint density at radius 1 is 1.12 bits per heavy atom. The SMILES string of the molecule is BCC(=O)OC(COC(=C)CC)COC(=O)C(C)(C)/C(C)=C/C(c1ccccc1)C(C)C. The summed E-state index contributed by atoms with van der Waals surface area (Å²) in [6.45, 7) is 15.8. The summed E-state index contributed by atoms with van der Waals surface area (Å²) in [4.78, 5) is 24.7. The van der Waals surface area contributed by atoms with Crippen LogP contribution in [0.3, 0.4) is 0 Å². The van der Waals surface area contributed by atoms with Gasteiger partial charge in [0.2, 0.25) is 0 Å². The van der Waals surface area contributed by atoms with Gasteiger partial charge in [0, 0.05) is 18.7 Å². The topological polar surface area (TPSA) is 61.8 Å². The van der Waals surface area contributed by atoms with E-state index in [1.165, 1.54) is 5.56 Å². The van der Waals surface area contributed by atoms with E-state index in [1.807, 2.05) is 45.9 Å². The van der Waals surface area contributed by atoms with Gasteiger partial charge in [0.15, 0.2) is 6.10 Å². The van der Waals surface area contributed by atoms with Crippen LogP contribution in [0.2, 0.25) is 6.32 Å². The summed E-state index contributed by atoms with van der Waals surface area (Å²) in [7, 11) is 1.71. The van der Waals surface area contributed by atoms with Crippen molar-refractivity contribution in [2.45, 2.75) is 66.3 Å². The molecule has 1 rings (SSSR count). The van der Waals surface area contributed by atoms with Crippen molar-refractivity contribution in [3.63, 3.8) is 0 Å². The average molecular weight is 442 g/mol. The van der Waals surface area contributed by atoms with Crippen molar-refractivity contribution in [3.8, 4) is 0 Å². The molecular formula is C26H39BO5. The highest BCUT2D eigenvalue weighted by Crippen LogP contribution is 2.34. The molecule has 0 spiro atoms. The van der Waals surface area contributed by atoms with E-state index in [2.05, 4.69) is 38.6 Å². The molecule has 176 valence electrons. The Morgan fingerprint density at radius 2 is 1.72 bits per heavy atom. The Balaban J connectivity index is 2.91. The highest BCUT2D eigenvalue weighted by atomic mass is 16.6. The highest BCUT2D eigenvalue weighted by Gasteiger charge is 2.33. The van der Waals surface area contributed by atoms with Crippen LogP contribution in [0.1, 0.15) is 59.4 Å². The lowest BCUT2D eigenvalue weighted by molar-refractivity contribution is -0.164. The minimum absolute atomic E-state index is 0.0649. The van der Waals surface area contributed by atoms with Crippen LogP contribution < -0.4 is 0 Å². The average Bonchev–Trinajstić information content (AvgIpc) is 2.78. The molecule has 0 fully saturated rings. The van der Waals surface area contributed by atoms with Gasteiger partial charge in [0.1, 0.15) is 21.1 Å². The number of benzene rings is 1. The van der Waals surface area contributed by atoms with E-state index in [-0.39, 0.29) is 37.4 Å². The zero-order valence-corrected chi connectivity index (χ0v) is 20.8. The number of ether oxygens (including phenoxy) is 3. The standard InChI is InChI=1S/C26H39BO5/c1-8-20(5)30-16-22(32-24(28)15-27)17-31-25(29)26(6,7)19(4)14-23(18(2)3)21-12-10-9-11-13-21/h9-14,18,22-23H,5,8,15-17,27H2,1-4,6-7H3/b19-14+. The smallest absolute Gasteiger partial charge is 0.315 e. The number of carbonyl (C=O) groups excluding carboxylic acids is 2. The van der Waals surface area contributed by atoms with Crippen molar-refractivity contribution in [1.29, 1.82) is 0 Å². The van der Waals surface area contributed by atoms with Gasteiger partial charge in [-0.2, -0.15) is 0 Å². The minimum Gasteiger partial charge on any atom is -0.495 e. The molecule has 2 unspecified atom stereocenters. The first-order valence-corrected chi connectivity index (χ1v) is 11.4. The first-order chi connectivity index (χ1) is 15.0. The normalized spacial score (nSPS) is 13.9. The lowest BCUT2D eigenvalue weighted by Crippen LogP contribution is -2.34. The van der Waals surface area contributed by atoms with E-state index < -0.39 is 11.5 Å². The van der Waals surface area contributed by atoms with Gasteiger partial charge < -0.3 is 14.2 Å². The van der Waals surface area contributed by atoms with Gasteiger partial charge >= 0.3 is 5.97 Å². The Bertz CT molecular complexity index is 783. The zero-order valence-electron chi connectivity index (χ0n) is 20.8. The van der Waals surface area contributed by atoms with E-state index in [9.17, 15) is 9.59 Å². The maximum Gasteiger partial charge on any atom is 0.315 e. The highest BCUT2D eigenvalue weighted by molar-refractivity contribution is 6.18. The van der Waals surface area contributed by atoms with Crippen LogP contribution in [0.25, 0.3) is 0 Å². The molecule has 0 N–H and O–H groups in total. The number of hydrogen-bond acceptors (Lipinski definition) is 5. The molecule has 5 nitrogen and oxygen atoms in total. The zero-order chi connectivity index (χ0) is 24.3. The maximum atomic E-state index is 13.0. The molecule has 0 heterocycles. The second-order valence-electron chi connectivity index (χ2n) is 8.92. The summed E-state index contributed by atoms with van der Waals surface area (Å²) in [5.74, 6) is 0.424. The van der Waals surface area contributed by atoms with Crippen molar-refractivity contribution in [2.75, 3.05) is 13.2 Å². The summed E-state index contributed by atoms with van der Waals surface area (Å²) in [6, 6.07) is 10.3. The molecule has 0 aromatic heterocycles. The molecule has 1 aromatic carbocycles. The van der Waals surface area contributed by atoms with E-state index in [1.54, 1.807) is 7.85 Å². The predicted octanol–water partition coefficient (Wildman–Crippen LogP) is 4.85. The first-order valence-electron chi connectivity index (χ1n) is 11.4. The fourth-order valence-electron chi connectivity index (χ4n) is 3.03. The van der Waals surface area contributed by atoms with Crippen molar-refractivity contribution in [3.05, 3.63) is 59.9 Å². The number of allylic oxidation sites excluding steroid dienone is 2. The second-order valence-corrected chi connectivity index (χ2v) is 8.92. The molecule has 0 aliphatic carbocycles. The van der Waals surface area contributed by atoms with E-state index >= 15 is 0 Å². The van der Waals surface area contributed by atoms with Crippen molar-refractivity contribution in [1.82, 2.24) is 0 Å². The van der Waals surface area contributed by atoms with Crippen LogP contribution in [0.15, 0.2) is 54.3 Å². The second kappa shape index (κ2) is 13.1. The summed E-state index contributed by atoms with van der Waals surface area (Å²) >= 11 is 0. The predicted molar refractivity (Wildman–Crippen MR) is 131 cm³/mol. The summed E-state index contributed by atoms with van der Waals surface area (Å²) in [5, 5.41) is 0. The third-order valence-electron chi connectivity index (χ3n) is 5.68. The Kier molecular flexibility index (Phi) is 11.3. The van der Waals surface area contributed by atoms with Crippen LogP contribution in [0, 0.1) is 11.3 Å². The van der Waals surface area contributed by atoms with Gasteiger partial charge in [-0.1, -0.05) is 69.3 Å². The van der Waals surface area contributed by atoms with Gasteiger partial charge in [-0.05, 0) is 32.3 Å². The molecule has 1 aromatic rings. The number of carbonyl (C=O) groups is 2. The number of esters is 2. The number of rotatable bonds is 13. The van der Waals surface area contributed by atoms with Crippen LogP contribution in [0.4, 0.5) is 0 Å². The molecule has 32 heavy (non-hydrogen) atoms. The van der Waals surface area contributed by atoms with Crippen LogP contribution in [-0.4, -0.2) is 39.1 Å². The largest absolute Gasteiger partial charge is 0.495 e. The van der Waals surface area contributed by atoms with Crippen molar-refractivity contribution >= 4 is 19.8 Å². The van der Waals surface area contributed by atoms with Crippen LogP contribution >= 0.6 is 0 Å². The van der Waals surface area contributed by atoms with Crippen LogP contribution in [0.5, 0.6) is 0 Å². The Labute approximate surface area is 194 Å². The molecule has 0 amide bonds. The van der Waals surface area contributed by atoms with Crippen molar-refractivity contribution in [2.24, 2.45) is 11.3 Å². The molecule has 0 aliphatic heterocycles. The fraction of sp³-hybridized carbons (Fsp3) is 0.538. The summed E-state index contributed by atoms with van der Waals surface area (Å²) in [5.41, 5.74) is 1.32. The molecule has 0 bridgehead atoms. The van der Waals surface area contributed by atoms with Gasteiger partial charge in [-0.15, -0.1) is 0 Å². The van der Waals surface area contributed by atoms with Gasteiger partial charge in [-0.25, -0.2) is 0 Å². The molecule has 0 aliphatic rings. The molecule has 0 radical (unpaired) electrons. The molecule has 6 heteroatoms. The fourth-order valence-corrected chi connectivity index (χ4v) is 3.03. The van der Waals surface area contributed by atoms with Gasteiger partial charge in [0.25, 0.3) is 5.97 Å². The summed E-state index contributed by atoms with van der Waals surface area (Å²) < 4.78 is 16.5. The quantitative estimate of drug-likeness (QED) is 0.189. The van der Waals surface area contributed by atoms with Gasteiger partial charge in [0.05, 0.1) is 11.2 Å². The molecule has 2 atom stereocenters. The Hall–Kier alpha value is -2.50. The van der Waals surface area contributed by atoms with Crippen LogP contribution in [-0.2, 0) is 23.8 Å². The molecule has 0 saturated carbocycles. The maximum absolute atomic E-state index is 13.0. The minimum atomic E-state index is -0.824. The van der Waals surface area contributed by atoms with E-state index in [0.717, 1.165) is 5.57 Å². The number of hydrogen-bond donors (Lipinski definition) is 0. The third-order valence-corrected chi connectivity index (χ3v) is 5.68. The lowest BCUT2D eigenvalue weighted by Gasteiger charge is -2.28. The van der Waals surface area contributed by atoms with Gasteiger partial charge in [-0.3, -0.25) is 9.59 Å². The monoisotopic (exact) mass is 442 g/mol. The van der Waals surface area contributed by atoms with E-state index in [0.29, 0.717) is 18.1 Å². The summed E-state index contributed by atoms with van der Waals surface area (Å²) in [6.07, 6.45) is 2.37. The molecule has 0 saturated heterocycles. The first kappa shape index (κ1) is 27.5. The third kappa shape index (κ3) is 8.56. The molecular weight excluding hydrogens is 403 g/mol. The lowest BCUT2D eigenvalue weighted by atomic mass is 9.79. The Morgan fingerprint density at radius 3 is 2.25 bits per heavy atom. The van der Waals surface area contributed by atoms with E-state index in [4.69, 9.17) is 14.2 Å². The van der Waals surface area contributed by atoms with Crippen molar-refractivity contribution < 1.29 is 23.8 Å².